The van der Waals surface area contributed by atoms with Gasteiger partial charge in [-0.05, 0) is 18.9 Å². The van der Waals surface area contributed by atoms with Gasteiger partial charge in [0.05, 0.1) is 12.3 Å². The summed E-state index contributed by atoms with van der Waals surface area (Å²) in [5, 5.41) is 3.59. The second-order valence-electron chi connectivity index (χ2n) is 7.75. The summed E-state index contributed by atoms with van der Waals surface area (Å²) in [6.45, 7) is 4.00. The highest BCUT2D eigenvalue weighted by Crippen LogP contribution is 2.34. The van der Waals surface area contributed by atoms with Crippen LogP contribution < -0.4 is 19.7 Å². The summed E-state index contributed by atoms with van der Waals surface area (Å²) in [6, 6.07) is 6.13. The lowest BCUT2D eigenvalue weighted by Crippen LogP contribution is -2.39. The highest BCUT2D eigenvalue weighted by Gasteiger charge is 2.28. The van der Waals surface area contributed by atoms with E-state index in [-0.39, 0.29) is 6.10 Å². The summed E-state index contributed by atoms with van der Waals surface area (Å²) in [6.07, 6.45) is 6.62. The third-order valence-electron chi connectivity index (χ3n) is 5.72. The first-order valence-electron chi connectivity index (χ1n) is 10.6. The molecule has 2 fully saturated rings. The van der Waals surface area contributed by atoms with Crippen LogP contribution in [0, 0.1) is 0 Å². The van der Waals surface area contributed by atoms with Crippen molar-refractivity contribution in [3.63, 3.8) is 0 Å². The molecule has 0 amide bonds. The lowest BCUT2D eigenvalue weighted by atomic mass is 10.1. The van der Waals surface area contributed by atoms with Crippen molar-refractivity contribution in [2.24, 2.45) is 0 Å². The van der Waals surface area contributed by atoms with Crippen molar-refractivity contribution in [3.05, 3.63) is 30.1 Å². The fourth-order valence-corrected chi connectivity index (χ4v) is 4.09. The Hall–Kier alpha value is -2.61. The Balaban J connectivity index is 1.27. The molecular weight excluding hydrogens is 370 g/mol. The molecule has 0 radical (unpaired) electrons. The number of hydrogen-bond acceptors (Lipinski definition) is 8. The van der Waals surface area contributed by atoms with Gasteiger partial charge >= 0.3 is 0 Å². The van der Waals surface area contributed by atoms with Gasteiger partial charge in [-0.3, -0.25) is 0 Å². The standard InChI is InChI=1S/C21H27N5O3/c1-2-9-22-18(3-1)29-16-4-10-26(11-5-16)21-24-17-8-14-28-19(17)20(25-21)23-15-6-12-27-13-7-15/h1-3,9,15-16H,4-8,10-14H2,(H,23,24,25). The van der Waals surface area contributed by atoms with Gasteiger partial charge in [-0.2, -0.15) is 4.98 Å². The Morgan fingerprint density at radius 2 is 1.90 bits per heavy atom. The molecule has 154 valence electrons. The van der Waals surface area contributed by atoms with Gasteiger partial charge in [-0.25, -0.2) is 9.97 Å². The minimum Gasteiger partial charge on any atom is -0.487 e. The Bertz CT molecular complexity index is 821. The van der Waals surface area contributed by atoms with E-state index in [4.69, 9.17) is 24.2 Å². The predicted molar refractivity (Wildman–Crippen MR) is 109 cm³/mol. The van der Waals surface area contributed by atoms with Crippen LogP contribution in [0.25, 0.3) is 0 Å². The molecule has 8 nitrogen and oxygen atoms in total. The molecule has 0 spiro atoms. The van der Waals surface area contributed by atoms with E-state index in [0.717, 1.165) is 81.6 Å². The second kappa shape index (κ2) is 8.41. The fraction of sp³-hybridized carbons (Fsp3) is 0.571. The fourth-order valence-electron chi connectivity index (χ4n) is 4.09. The Kier molecular flexibility index (Phi) is 5.34. The quantitative estimate of drug-likeness (QED) is 0.824. The maximum atomic E-state index is 6.01. The van der Waals surface area contributed by atoms with Crippen LogP contribution in [0.4, 0.5) is 11.8 Å². The van der Waals surface area contributed by atoms with Gasteiger partial charge in [-0.1, -0.05) is 6.07 Å². The summed E-state index contributed by atoms with van der Waals surface area (Å²) < 4.78 is 17.3. The van der Waals surface area contributed by atoms with Crippen LogP contribution in [0.5, 0.6) is 11.6 Å². The van der Waals surface area contributed by atoms with Crippen LogP contribution in [0.3, 0.4) is 0 Å². The van der Waals surface area contributed by atoms with Crippen molar-refractivity contribution >= 4 is 11.8 Å². The van der Waals surface area contributed by atoms with E-state index in [1.165, 1.54) is 0 Å². The first kappa shape index (κ1) is 18.4. The summed E-state index contributed by atoms with van der Waals surface area (Å²) in [4.78, 5) is 16.2. The van der Waals surface area contributed by atoms with E-state index in [2.05, 4.69) is 15.2 Å². The van der Waals surface area contributed by atoms with E-state index >= 15 is 0 Å². The van der Waals surface area contributed by atoms with Crippen LogP contribution in [0.1, 0.15) is 31.4 Å². The van der Waals surface area contributed by atoms with E-state index in [1.54, 1.807) is 6.20 Å². The molecule has 8 heteroatoms. The molecule has 2 aromatic rings. The second-order valence-corrected chi connectivity index (χ2v) is 7.75. The maximum absolute atomic E-state index is 6.01. The molecule has 0 aliphatic carbocycles. The van der Waals surface area contributed by atoms with Crippen LogP contribution in [0.15, 0.2) is 24.4 Å². The average Bonchev–Trinajstić information content (AvgIpc) is 3.25. The van der Waals surface area contributed by atoms with Gasteiger partial charge in [-0.15, -0.1) is 0 Å². The van der Waals surface area contributed by atoms with Crippen molar-refractivity contribution in [2.75, 3.05) is 43.1 Å². The maximum Gasteiger partial charge on any atom is 0.227 e. The zero-order chi connectivity index (χ0) is 19.5. The van der Waals surface area contributed by atoms with Crippen molar-refractivity contribution in [2.45, 2.75) is 44.2 Å². The SMILES string of the molecule is c1ccc(OC2CCN(c3nc4c(c(NC5CCOCC5)n3)OCC4)CC2)nc1. The lowest BCUT2D eigenvalue weighted by molar-refractivity contribution is 0.0903. The number of aromatic nitrogens is 3. The molecule has 1 N–H and O–H groups in total. The average molecular weight is 397 g/mol. The topological polar surface area (TPSA) is 81.6 Å². The van der Waals surface area contributed by atoms with Gasteiger partial charge in [0.2, 0.25) is 11.8 Å². The van der Waals surface area contributed by atoms with Gasteiger partial charge in [0.25, 0.3) is 0 Å². The minimum absolute atomic E-state index is 0.179. The first-order chi connectivity index (χ1) is 14.3. The third-order valence-corrected chi connectivity index (χ3v) is 5.72. The van der Waals surface area contributed by atoms with Crippen LogP contribution in [-0.2, 0) is 11.2 Å². The molecule has 3 aliphatic heterocycles. The van der Waals surface area contributed by atoms with Crippen molar-refractivity contribution in [1.29, 1.82) is 0 Å². The normalized spacial score (nSPS) is 20.2. The van der Waals surface area contributed by atoms with E-state index < -0.39 is 0 Å². The molecule has 2 saturated heterocycles. The van der Waals surface area contributed by atoms with E-state index in [1.807, 2.05) is 18.2 Å². The van der Waals surface area contributed by atoms with Crippen LogP contribution in [-0.4, -0.2) is 60.0 Å². The number of piperidine rings is 1. The summed E-state index contributed by atoms with van der Waals surface area (Å²) in [7, 11) is 0. The van der Waals surface area contributed by atoms with Crippen molar-refractivity contribution in [1.82, 2.24) is 15.0 Å². The highest BCUT2D eigenvalue weighted by molar-refractivity contribution is 5.58. The lowest BCUT2D eigenvalue weighted by Gasteiger charge is -2.32. The monoisotopic (exact) mass is 397 g/mol. The Morgan fingerprint density at radius 3 is 2.69 bits per heavy atom. The van der Waals surface area contributed by atoms with Crippen molar-refractivity contribution < 1.29 is 14.2 Å². The van der Waals surface area contributed by atoms with Gasteiger partial charge < -0.3 is 24.4 Å². The largest absolute Gasteiger partial charge is 0.487 e. The minimum atomic E-state index is 0.179. The summed E-state index contributed by atoms with van der Waals surface area (Å²) in [5.41, 5.74) is 1.01. The zero-order valence-corrected chi connectivity index (χ0v) is 16.5. The summed E-state index contributed by atoms with van der Waals surface area (Å²) in [5.74, 6) is 3.15. The number of nitrogens with zero attached hydrogens (tertiary/aromatic N) is 4. The Labute approximate surface area is 170 Å². The number of pyridine rings is 1. The number of anilines is 2. The van der Waals surface area contributed by atoms with Gasteiger partial charge in [0.1, 0.15) is 6.10 Å². The molecular formula is C21H27N5O3. The molecule has 0 unspecified atom stereocenters. The van der Waals surface area contributed by atoms with E-state index in [9.17, 15) is 0 Å². The molecule has 2 aromatic heterocycles. The molecule has 3 aliphatic rings. The summed E-state index contributed by atoms with van der Waals surface area (Å²) >= 11 is 0. The number of fused-ring (bicyclic) bond motifs is 1. The molecule has 29 heavy (non-hydrogen) atoms. The molecule has 0 aromatic carbocycles. The molecule has 5 rings (SSSR count). The van der Waals surface area contributed by atoms with Crippen LogP contribution >= 0.6 is 0 Å². The molecule has 0 atom stereocenters. The first-order valence-corrected chi connectivity index (χ1v) is 10.6. The van der Waals surface area contributed by atoms with Crippen molar-refractivity contribution in [3.8, 4) is 11.6 Å². The van der Waals surface area contributed by atoms with Crippen LogP contribution in [0.2, 0.25) is 0 Å². The Morgan fingerprint density at radius 1 is 1.03 bits per heavy atom. The van der Waals surface area contributed by atoms with Gasteiger partial charge in [0, 0.05) is 63.9 Å². The van der Waals surface area contributed by atoms with Gasteiger partial charge in [0.15, 0.2) is 11.6 Å². The number of hydrogen-bond donors (Lipinski definition) is 1. The van der Waals surface area contributed by atoms with E-state index in [0.29, 0.717) is 18.5 Å². The smallest absolute Gasteiger partial charge is 0.227 e. The predicted octanol–water partition coefficient (Wildman–Crippen LogP) is 2.45. The highest BCUT2D eigenvalue weighted by atomic mass is 16.5. The zero-order valence-electron chi connectivity index (χ0n) is 16.5. The molecule has 0 saturated carbocycles. The molecule has 0 bridgehead atoms. The number of rotatable bonds is 5. The third kappa shape index (κ3) is 4.22. The molecule has 5 heterocycles. The number of ether oxygens (including phenoxy) is 3. The number of nitrogens with one attached hydrogen (secondary N) is 1.